The van der Waals surface area contributed by atoms with Gasteiger partial charge in [-0.1, -0.05) is 115 Å². The van der Waals surface area contributed by atoms with E-state index in [0.717, 1.165) is 38.5 Å². The molecule has 6 aromatic carbocycles. The topological polar surface area (TPSA) is 44.2 Å². The average molecular weight is 603 g/mol. The molecule has 0 bridgehead atoms. The molecule has 0 N–H and O–H groups in total. The Kier molecular flexibility index (Phi) is 5.46. The van der Waals surface area contributed by atoms with E-state index in [9.17, 15) is 0 Å². The molecule has 220 valence electrons. The predicted octanol–water partition coefficient (Wildman–Crippen LogP) is 10.7. The van der Waals surface area contributed by atoms with Gasteiger partial charge in [-0.3, -0.25) is 9.97 Å². The molecule has 4 nitrogen and oxygen atoms in total. The van der Waals surface area contributed by atoms with E-state index < -0.39 is 5.41 Å². The first-order valence-corrected chi connectivity index (χ1v) is 15.8. The molecule has 1 aliphatic heterocycles. The molecule has 0 amide bonds. The van der Waals surface area contributed by atoms with Crippen LogP contribution in [0.3, 0.4) is 0 Å². The summed E-state index contributed by atoms with van der Waals surface area (Å²) in [6, 6.07) is 51.0. The largest absolute Gasteiger partial charge is 0.449 e. The molecule has 0 atom stereocenters. The van der Waals surface area contributed by atoms with Crippen molar-refractivity contribution in [2.24, 2.45) is 0 Å². The number of nitrogens with zero attached hydrogens (tertiary/aromatic N) is 2. The molecular weight excluding hydrogens is 576 g/mol. The Bertz CT molecular complexity index is 2490. The van der Waals surface area contributed by atoms with Gasteiger partial charge in [-0.05, 0) is 63.7 Å². The second-order valence-corrected chi connectivity index (χ2v) is 12.1. The van der Waals surface area contributed by atoms with E-state index in [2.05, 4.69) is 132 Å². The van der Waals surface area contributed by atoms with Crippen LogP contribution in [0.2, 0.25) is 0 Å². The van der Waals surface area contributed by atoms with E-state index in [-0.39, 0.29) is 0 Å². The molecule has 0 saturated carbocycles. The summed E-state index contributed by atoms with van der Waals surface area (Å²) in [5.74, 6) is 2.76. The monoisotopic (exact) mass is 602 g/mol. The molecule has 0 saturated heterocycles. The average Bonchev–Trinajstić information content (AvgIpc) is 3.43. The second-order valence-electron chi connectivity index (χ2n) is 12.1. The van der Waals surface area contributed by atoms with E-state index in [0.29, 0.717) is 23.0 Å². The van der Waals surface area contributed by atoms with Crippen molar-refractivity contribution in [3.05, 3.63) is 180 Å². The first-order valence-electron chi connectivity index (χ1n) is 15.8. The van der Waals surface area contributed by atoms with E-state index in [1.165, 1.54) is 27.8 Å². The van der Waals surface area contributed by atoms with Gasteiger partial charge < -0.3 is 9.47 Å². The lowest BCUT2D eigenvalue weighted by Gasteiger charge is -2.34. The van der Waals surface area contributed by atoms with Crippen molar-refractivity contribution in [3.8, 4) is 45.3 Å². The van der Waals surface area contributed by atoms with Crippen LogP contribution in [-0.4, -0.2) is 9.97 Å². The molecule has 2 aromatic heterocycles. The number of benzene rings is 6. The van der Waals surface area contributed by atoms with Crippen LogP contribution in [0, 0.1) is 0 Å². The second kappa shape index (κ2) is 9.87. The fourth-order valence-electron chi connectivity index (χ4n) is 7.65. The summed E-state index contributed by atoms with van der Waals surface area (Å²) in [6.07, 6.45) is 3.72. The fraction of sp³-hybridized carbons (Fsp3) is 0.0233. The van der Waals surface area contributed by atoms with E-state index in [1.807, 2.05) is 30.6 Å². The molecular formula is C43H26N2O2. The van der Waals surface area contributed by atoms with E-state index in [1.54, 1.807) is 0 Å². The van der Waals surface area contributed by atoms with E-state index in [4.69, 9.17) is 14.5 Å². The lowest BCUT2D eigenvalue weighted by molar-refractivity contribution is 0.360. The summed E-state index contributed by atoms with van der Waals surface area (Å²) < 4.78 is 13.5. The highest BCUT2D eigenvalue weighted by atomic mass is 16.6. The molecule has 0 radical (unpaired) electrons. The summed E-state index contributed by atoms with van der Waals surface area (Å²) in [7, 11) is 0. The summed E-state index contributed by atoms with van der Waals surface area (Å²) in [5.41, 5.74) is 10.3. The quantitative estimate of drug-likeness (QED) is 0.189. The van der Waals surface area contributed by atoms with Gasteiger partial charge in [0.25, 0.3) is 0 Å². The van der Waals surface area contributed by atoms with Crippen molar-refractivity contribution >= 4 is 21.8 Å². The highest BCUT2D eigenvalue weighted by Gasteiger charge is 2.47. The minimum atomic E-state index is -0.522. The van der Waals surface area contributed by atoms with Gasteiger partial charge in [0.15, 0.2) is 23.0 Å². The zero-order valence-electron chi connectivity index (χ0n) is 25.2. The molecule has 10 rings (SSSR count). The normalized spacial score (nSPS) is 13.6. The third kappa shape index (κ3) is 3.70. The minimum absolute atomic E-state index is 0.522. The van der Waals surface area contributed by atoms with Crippen molar-refractivity contribution < 1.29 is 9.47 Å². The van der Waals surface area contributed by atoms with Gasteiger partial charge in [0.05, 0.1) is 16.4 Å². The highest BCUT2D eigenvalue weighted by Crippen LogP contribution is 2.60. The molecule has 3 heterocycles. The molecule has 0 unspecified atom stereocenters. The van der Waals surface area contributed by atoms with Gasteiger partial charge in [0.2, 0.25) is 0 Å². The van der Waals surface area contributed by atoms with Crippen molar-refractivity contribution in [1.82, 2.24) is 9.97 Å². The van der Waals surface area contributed by atoms with Gasteiger partial charge >= 0.3 is 0 Å². The number of aromatic nitrogens is 2. The predicted molar refractivity (Wildman–Crippen MR) is 186 cm³/mol. The standard InChI is InChI=1S/C43H26N2O2/c1-3-12-30(13-4-1)43(31-14-5-2-6-15-31)35-18-8-7-16-33(35)34-24-38-39(25-36(34)43)47-42-32(17-9-19-37(42)46-38)29-23-28-21-20-27-11-10-22-44-40(27)41(28)45-26-29/h1-26H. The molecule has 47 heavy (non-hydrogen) atoms. The van der Waals surface area contributed by atoms with Crippen molar-refractivity contribution in [2.75, 3.05) is 0 Å². The molecule has 1 aliphatic carbocycles. The van der Waals surface area contributed by atoms with Gasteiger partial charge in [0, 0.05) is 34.3 Å². The van der Waals surface area contributed by atoms with Gasteiger partial charge in [0.1, 0.15) is 0 Å². The Morgan fingerprint density at radius 2 is 1.15 bits per heavy atom. The van der Waals surface area contributed by atoms with Crippen LogP contribution >= 0.6 is 0 Å². The number of rotatable bonds is 3. The number of para-hydroxylation sites is 1. The van der Waals surface area contributed by atoms with Crippen molar-refractivity contribution in [1.29, 1.82) is 0 Å². The number of hydrogen-bond acceptors (Lipinski definition) is 4. The number of hydrogen-bond donors (Lipinski definition) is 0. The number of ether oxygens (including phenoxy) is 2. The summed E-state index contributed by atoms with van der Waals surface area (Å²) >= 11 is 0. The van der Waals surface area contributed by atoms with Crippen LogP contribution < -0.4 is 9.47 Å². The SMILES string of the molecule is c1ccc(C2(c3ccccc3)c3ccccc3-c3cc4c(cc32)Oc2c(cccc2-c2cnc3c(ccc5cccnc53)c2)O4)cc1. The number of fused-ring (bicyclic) bond motifs is 8. The van der Waals surface area contributed by atoms with Crippen LogP contribution in [0.5, 0.6) is 23.0 Å². The lowest BCUT2D eigenvalue weighted by atomic mass is 9.67. The Hall–Kier alpha value is -6.26. The maximum Gasteiger partial charge on any atom is 0.178 e. The van der Waals surface area contributed by atoms with Crippen LogP contribution in [0.4, 0.5) is 0 Å². The summed E-state index contributed by atoms with van der Waals surface area (Å²) in [6.45, 7) is 0. The molecule has 2 aliphatic rings. The Morgan fingerprint density at radius 3 is 1.98 bits per heavy atom. The summed E-state index contributed by atoms with van der Waals surface area (Å²) in [4.78, 5) is 9.48. The molecule has 4 heteroatoms. The van der Waals surface area contributed by atoms with Crippen LogP contribution in [0.1, 0.15) is 22.3 Å². The maximum atomic E-state index is 6.87. The van der Waals surface area contributed by atoms with Crippen molar-refractivity contribution in [2.45, 2.75) is 5.41 Å². The number of pyridine rings is 2. The van der Waals surface area contributed by atoms with Gasteiger partial charge in [-0.25, -0.2) is 0 Å². The maximum absolute atomic E-state index is 6.87. The first kappa shape index (κ1) is 26.0. The third-order valence-corrected chi connectivity index (χ3v) is 9.67. The highest BCUT2D eigenvalue weighted by molar-refractivity contribution is 6.03. The molecule has 8 aromatic rings. The lowest BCUT2D eigenvalue weighted by Crippen LogP contribution is -2.28. The smallest absolute Gasteiger partial charge is 0.178 e. The fourth-order valence-corrected chi connectivity index (χ4v) is 7.65. The zero-order valence-corrected chi connectivity index (χ0v) is 25.2. The molecule has 0 spiro atoms. The first-order chi connectivity index (χ1) is 23.3. The zero-order chi connectivity index (χ0) is 31.0. The summed E-state index contributed by atoms with van der Waals surface area (Å²) in [5, 5.41) is 2.09. The Balaban J connectivity index is 1.16. The van der Waals surface area contributed by atoms with E-state index >= 15 is 0 Å². The van der Waals surface area contributed by atoms with Crippen LogP contribution in [-0.2, 0) is 5.41 Å². The molecule has 0 fully saturated rings. The third-order valence-electron chi connectivity index (χ3n) is 9.67. The van der Waals surface area contributed by atoms with Crippen molar-refractivity contribution in [3.63, 3.8) is 0 Å². The van der Waals surface area contributed by atoms with Crippen LogP contribution in [0.15, 0.2) is 158 Å². The van der Waals surface area contributed by atoms with Gasteiger partial charge in [-0.2, -0.15) is 0 Å². The van der Waals surface area contributed by atoms with Gasteiger partial charge in [-0.15, -0.1) is 0 Å². The Morgan fingerprint density at radius 1 is 0.447 bits per heavy atom. The minimum Gasteiger partial charge on any atom is -0.449 e. The van der Waals surface area contributed by atoms with Crippen LogP contribution in [0.25, 0.3) is 44.1 Å². The Labute approximate surface area is 271 Å².